The van der Waals surface area contributed by atoms with Gasteiger partial charge in [-0.25, -0.2) is 0 Å². The van der Waals surface area contributed by atoms with Gasteiger partial charge in [0.15, 0.2) is 0 Å². The molecule has 0 spiro atoms. The van der Waals surface area contributed by atoms with Crippen LogP contribution in [0.3, 0.4) is 0 Å². The van der Waals surface area contributed by atoms with Gasteiger partial charge < -0.3 is 9.64 Å². The van der Waals surface area contributed by atoms with E-state index in [1.54, 1.807) is 0 Å². The van der Waals surface area contributed by atoms with Crippen molar-refractivity contribution in [3.05, 3.63) is 0 Å². The molecule has 0 saturated heterocycles. The fourth-order valence-corrected chi connectivity index (χ4v) is 2.31. The summed E-state index contributed by atoms with van der Waals surface area (Å²) >= 11 is 0. The van der Waals surface area contributed by atoms with E-state index in [-0.39, 0.29) is 0 Å². The number of hydrogen-bond donors (Lipinski definition) is 0. The quantitative estimate of drug-likeness (QED) is 0.651. The first-order valence-electron chi connectivity index (χ1n) is 6.52. The molecule has 1 aliphatic carbocycles. The zero-order valence-corrected chi connectivity index (χ0v) is 10.7. The summed E-state index contributed by atoms with van der Waals surface area (Å²) in [6, 6.07) is 0.809. The summed E-state index contributed by atoms with van der Waals surface area (Å²) in [6.45, 7) is 6.17. The van der Waals surface area contributed by atoms with Crippen molar-refractivity contribution < 1.29 is 4.74 Å². The molecule has 1 rings (SSSR count). The first-order chi connectivity index (χ1) is 7.20. The minimum atomic E-state index is 0.368. The molecule has 0 atom stereocenters. The fraction of sp³-hybridized carbons (Fsp3) is 1.00. The fourth-order valence-electron chi connectivity index (χ4n) is 2.31. The van der Waals surface area contributed by atoms with E-state index in [2.05, 4.69) is 25.8 Å². The van der Waals surface area contributed by atoms with Gasteiger partial charge in [0.25, 0.3) is 0 Å². The predicted molar refractivity (Wildman–Crippen MR) is 65.2 cm³/mol. The number of rotatable bonds is 5. The van der Waals surface area contributed by atoms with Crippen molar-refractivity contribution in [1.29, 1.82) is 0 Å². The summed E-state index contributed by atoms with van der Waals surface area (Å²) in [5.41, 5.74) is 0. The second kappa shape index (κ2) is 7.24. The maximum atomic E-state index is 5.59. The Balaban J connectivity index is 2.16. The Bertz CT molecular complexity index is 151. The van der Waals surface area contributed by atoms with Gasteiger partial charge in [-0.1, -0.05) is 25.7 Å². The number of ether oxygens (including phenoxy) is 1. The van der Waals surface area contributed by atoms with E-state index in [1.807, 2.05) is 0 Å². The van der Waals surface area contributed by atoms with Crippen LogP contribution in [0.25, 0.3) is 0 Å². The molecule has 0 bridgehead atoms. The van der Waals surface area contributed by atoms with Gasteiger partial charge in [-0.2, -0.15) is 0 Å². The van der Waals surface area contributed by atoms with Crippen LogP contribution in [-0.4, -0.2) is 37.2 Å². The van der Waals surface area contributed by atoms with Crippen LogP contribution >= 0.6 is 0 Å². The molecule has 15 heavy (non-hydrogen) atoms. The highest BCUT2D eigenvalue weighted by molar-refractivity contribution is 4.72. The van der Waals surface area contributed by atoms with Crippen LogP contribution in [0.4, 0.5) is 0 Å². The molecule has 0 unspecified atom stereocenters. The zero-order chi connectivity index (χ0) is 11.1. The molecule has 1 fully saturated rings. The highest BCUT2D eigenvalue weighted by Crippen LogP contribution is 2.20. The van der Waals surface area contributed by atoms with Crippen LogP contribution in [0, 0.1) is 0 Å². The Morgan fingerprint density at radius 1 is 1.13 bits per heavy atom. The normalized spacial score (nSPS) is 19.8. The SMILES string of the molecule is CC(C)OCCN(C)C1CCCCCC1. The molecular weight excluding hydrogens is 186 g/mol. The largest absolute Gasteiger partial charge is 0.377 e. The summed E-state index contributed by atoms with van der Waals surface area (Å²) in [5, 5.41) is 0. The average molecular weight is 213 g/mol. The lowest BCUT2D eigenvalue weighted by Gasteiger charge is -2.27. The van der Waals surface area contributed by atoms with E-state index in [1.165, 1.54) is 38.5 Å². The first kappa shape index (κ1) is 13.0. The van der Waals surface area contributed by atoms with Gasteiger partial charge in [-0.05, 0) is 33.7 Å². The minimum absolute atomic E-state index is 0.368. The lowest BCUT2D eigenvalue weighted by molar-refractivity contribution is 0.0542. The molecule has 1 saturated carbocycles. The van der Waals surface area contributed by atoms with E-state index >= 15 is 0 Å². The predicted octanol–water partition coefficient (Wildman–Crippen LogP) is 3.07. The molecule has 0 aromatic rings. The minimum Gasteiger partial charge on any atom is -0.377 e. The number of likely N-dealkylation sites (N-methyl/N-ethyl adjacent to an activating group) is 1. The number of nitrogens with zero attached hydrogens (tertiary/aromatic N) is 1. The standard InChI is InChI=1S/C13H27NO/c1-12(2)15-11-10-14(3)13-8-6-4-5-7-9-13/h12-13H,4-11H2,1-3H3. The van der Waals surface area contributed by atoms with Gasteiger partial charge in [0.05, 0.1) is 12.7 Å². The number of hydrogen-bond acceptors (Lipinski definition) is 2. The Kier molecular flexibility index (Phi) is 6.26. The molecular formula is C13H27NO. The zero-order valence-electron chi connectivity index (χ0n) is 10.7. The highest BCUT2D eigenvalue weighted by atomic mass is 16.5. The van der Waals surface area contributed by atoms with Crippen molar-refractivity contribution in [3.8, 4) is 0 Å². The van der Waals surface area contributed by atoms with Crippen LogP contribution in [0.1, 0.15) is 52.4 Å². The summed E-state index contributed by atoms with van der Waals surface area (Å²) in [6.07, 6.45) is 8.85. The smallest absolute Gasteiger partial charge is 0.0596 e. The third-order valence-corrected chi connectivity index (χ3v) is 3.34. The first-order valence-corrected chi connectivity index (χ1v) is 6.52. The Morgan fingerprint density at radius 3 is 2.27 bits per heavy atom. The lowest BCUT2D eigenvalue weighted by atomic mass is 10.1. The van der Waals surface area contributed by atoms with Crippen LogP contribution in [0.15, 0.2) is 0 Å². The second-order valence-electron chi connectivity index (χ2n) is 5.05. The average Bonchev–Trinajstić information content (AvgIpc) is 2.44. The topological polar surface area (TPSA) is 12.5 Å². The summed E-state index contributed by atoms with van der Waals surface area (Å²) < 4.78 is 5.59. The van der Waals surface area contributed by atoms with Crippen molar-refractivity contribution in [1.82, 2.24) is 4.90 Å². The molecule has 0 aromatic heterocycles. The van der Waals surface area contributed by atoms with E-state index in [4.69, 9.17) is 4.74 Å². The highest BCUT2D eigenvalue weighted by Gasteiger charge is 2.16. The van der Waals surface area contributed by atoms with Gasteiger partial charge in [-0.15, -0.1) is 0 Å². The Labute approximate surface area is 95.0 Å². The molecule has 0 aromatic carbocycles. The van der Waals surface area contributed by atoms with Crippen molar-refractivity contribution >= 4 is 0 Å². The molecule has 0 N–H and O–H groups in total. The molecule has 0 heterocycles. The van der Waals surface area contributed by atoms with Crippen molar-refractivity contribution in [2.24, 2.45) is 0 Å². The third-order valence-electron chi connectivity index (χ3n) is 3.34. The molecule has 90 valence electrons. The second-order valence-corrected chi connectivity index (χ2v) is 5.05. The van der Waals surface area contributed by atoms with Gasteiger partial charge >= 0.3 is 0 Å². The summed E-state index contributed by atoms with van der Waals surface area (Å²) in [5.74, 6) is 0. The van der Waals surface area contributed by atoms with E-state index in [9.17, 15) is 0 Å². The molecule has 0 amide bonds. The molecule has 2 nitrogen and oxygen atoms in total. The monoisotopic (exact) mass is 213 g/mol. The molecule has 2 heteroatoms. The van der Waals surface area contributed by atoms with Crippen LogP contribution < -0.4 is 0 Å². The maximum absolute atomic E-state index is 5.59. The third kappa shape index (κ3) is 5.53. The summed E-state index contributed by atoms with van der Waals surface area (Å²) in [4.78, 5) is 2.49. The summed E-state index contributed by atoms with van der Waals surface area (Å²) in [7, 11) is 2.25. The molecule has 1 aliphatic rings. The molecule has 0 aliphatic heterocycles. The Hall–Kier alpha value is -0.0800. The van der Waals surface area contributed by atoms with Crippen molar-refractivity contribution in [2.75, 3.05) is 20.2 Å². The van der Waals surface area contributed by atoms with Gasteiger partial charge in [0.1, 0.15) is 0 Å². The van der Waals surface area contributed by atoms with E-state index in [0.29, 0.717) is 6.10 Å². The van der Waals surface area contributed by atoms with Crippen molar-refractivity contribution in [2.45, 2.75) is 64.5 Å². The maximum Gasteiger partial charge on any atom is 0.0596 e. The van der Waals surface area contributed by atoms with Gasteiger partial charge in [-0.3, -0.25) is 0 Å². The van der Waals surface area contributed by atoms with Crippen LogP contribution in [0.2, 0.25) is 0 Å². The Morgan fingerprint density at radius 2 is 1.73 bits per heavy atom. The van der Waals surface area contributed by atoms with Gasteiger partial charge in [0.2, 0.25) is 0 Å². The lowest BCUT2D eigenvalue weighted by Crippen LogP contribution is -2.34. The van der Waals surface area contributed by atoms with Crippen LogP contribution in [-0.2, 0) is 4.74 Å². The van der Waals surface area contributed by atoms with E-state index in [0.717, 1.165) is 19.2 Å². The van der Waals surface area contributed by atoms with E-state index < -0.39 is 0 Å². The van der Waals surface area contributed by atoms with Gasteiger partial charge in [0, 0.05) is 12.6 Å². The molecule has 0 radical (unpaired) electrons. The van der Waals surface area contributed by atoms with Crippen LogP contribution in [0.5, 0.6) is 0 Å². The van der Waals surface area contributed by atoms with Crippen molar-refractivity contribution in [3.63, 3.8) is 0 Å².